The number of hydrogen-bond donors (Lipinski definition) is 0. The van der Waals surface area contributed by atoms with Crippen molar-refractivity contribution in [3.63, 3.8) is 0 Å². The van der Waals surface area contributed by atoms with Crippen LogP contribution in [-0.4, -0.2) is 31.6 Å². The second kappa shape index (κ2) is 11.4. The lowest BCUT2D eigenvalue weighted by atomic mass is 10.1. The first-order chi connectivity index (χ1) is 6.20. The summed E-state index contributed by atoms with van der Waals surface area (Å²) < 4.78 is 11.8. The van der Waals surface area contributed by atoms with Crippen LogP contribution in [-0.2, 0) is 4.79 Å². The average molecular weight is 191 g/mol. The van der Waals surface area contributed by atoms with E-state index in [-0.39, 0.29) is 6.67 Å². The maximum Gasteiger partial charge on any atom is 0.209 e. The molecule has 0 heterocycles. The van der Waals surface area contributed by atoms with Gasteiger partial charge in [-0.1, -0.05) is 20.8 Å². The van der Waals surface area contributed by atoms with Crippen LogP contribution >= 0.6 is 0 Å². The van der Waals surface area contributed by atoms with E-state index in [4.69, 9.17) is 0 Å². The molecule has 80 valence electrons. The fourth-order valence-corrected chi connectivity index (χ4v) is 0.807. The van der Waals surface area contributed by atoms with E-state index in [0.717, 1.165) is 19.4 Å². The van der Waals surface area contributed by atoms with Crippen molar-refractivity contribution < 1.29 is 9.18 Å². The van der Waals surface area contributed by atoms with Gasteiger partial charge in [0.25, 0.3) is 0 Å². The number of alkyl halides is 1. The standard InChI is InChI=1S/C8H16FNO.C2H6/c1-8(3-5-9)4-6-10(2)7-11;1-2/h7-8H,3-6H2,1-2H3;1-2H3/t8-;/m1./s1. The summed E-state index contributed by atoms with van der Waals surface area (Å²) in [5.41, 5.74) is 0. The molecule has 1 atom stereocenters. The Kier molecular flexibility index (Phi) is 13.1. The summed E-state index contributed by atoms with van der Waals surface area (Å²) in [4.78, 5) is 11.7. The molecule has 0 saturated carbocycles. The second-order valence-corrected chi connectivity index (χ2v) is 2.96. The second-order valence-electron chi connectivity index (χ2n) is 2.96. The van der Waals surface area contributed by atoms with Crippen LogP contribution in [0.15, 0.2) is 0 Å². The van der Waals surface area contributed by atoms with Crippen LogP contribution in [0.5, 0.6) is 0 Å². The molecule has 0 bridgehead atoms. The Bertz CT molecular complexity index is 109. The molecule has 0 unspecified atom stereocenters. The van der Waals surface area contributed by atoms with E-state index < -0.39 is 0 Å². The van der Waals surface area contributed by atoms with Crippen molar-refractivity contribution in [1.82, 2.24) is 4.90 Å². The largest absolute Gasteiger partial charge is 0.348 e. The van der Waals surface area contributed by atoms with Gasteiger partial charge < -0.3 is 4.90 Å². The number of amides is 1. The predicted molar refractivity (Wildman–Crippen MR) is 54.4 cm³/mol. The molecule has 0 aromatic heterocycles. The molecule has 0 saturated heterocycles. The zero-order chi connectivity index (χ0) is 10.7. The molecular weight excluding hydrogens is 169 g/mol. The van der Waals surface area contributed by atoms with Crippen LogP contribution in [0.3, 0.4) is 0 Å². The fourth-order valence-electron chi connectivity index (χ4n) is 0.807. The van der Waals surface area contributed by atoms with Crippen LogP contribution in [0.1, 0.15) is 33.6 Å². The highest BCUT2D eigenvalue weighted by atomic mass is 19.1. The fraction of sp³-hybridized carbons (Fsp3) is 0.900. The number of carbonyl (C=O) groups excluding carboxylic acids is 1. The highest BCUT2D eigenvalue weighted by Crippen LogP contribution is 2.07. The van der Waals surface area contributed by atoms with Gasteiger partial charge in [0.2, 0.25) is 6.41 Å². The summed E-state index contributed by atoms with van der Waals surface area (Å²) in [5, 5.41) is 0. The smallest absolute Gasteiger partial charge is 0.209 e. The number of rotatable bonds is 6. The Labute approximate surface area is 81.1 Å². The van der Waals surface area contributed by atoms with Gasteiger partial charge in [0.1, 0.15) is 0 Å². The van der Waals surface area contributed by atoms with Crippen molar-refractivity contribution in [3.8, 4) is 0 Å². The van der Waals surface area contributed by atoms with E-state index in [1.165, 1.54) is 0 Å². The number of hydrogen-bond acceptors (Lipinski definition) is 1. The van der Waals surface area contributed by atoms with Crippen LogP contribution in [0.4, 0.5) is 4.39 Å². The third-order valence-corrected chi connectivity index (χ3v) is 1.76. The summed E-state index contributed by atoms with van der Waals surface area (Å²) in [7, 11) is 1.73. The lowest BCUT2D eigenvalue weighted by Crippen LogP contribution is -2.19. The Balaban J connectivity index is 0. The van der Waals surface area contributed by atoms with Gasteiger partial charge in [-0.05, 0) is 18.8 Å². The number of nitrogens with zero attached hydrogens (tertiary/aromatic N) is 1. The van der Waals surface area contributed by atoms with Crippen LogP contribution in [0.25, 0.3) is 0 Å². The molecule has 0 radical (unpaired) electrons. The van der Waals surface area contributed by atoms with Crippen molar-refractivity contribution in [1.29, 1.82) is 0 Å². The first-order valence-corrected chi connectivity index (χ1v) is 4.92. The number of carbonyl (C=O) groups is 1. The lowest BCUT2D eigenvalue weighted by molar-refractivity contribution is -0.117. The lowest BCUT2D eigenvalue weighted by Gasteiger charge is -2.13. The third-order valence-electron chi connectivity index (χ3n) is 1.76. The van der Waals surface area contributed by atoms with Crippen LogP contribution in [0, 0.1) is 5.92 Å². The first kappa shape index (κ1) is 14.9. The van der Waals surface area contributed by atoms with Crippen molar-refractivity contribution in [2.75, 3.05) is 20.3 Å². The van der Waals surface area contributed by atoms with Gasteiger partial charge in [0, 0.05) is 13.6 Å². The SMILES string of the molecule is CC.C[C@H](CCF)CCN(C)C=O. The Morgan fingerprint density at radius 3 is 2.31 bits per heavy atom. The predicted octanol–water partition coefficient (Wildman–Crippen LogP) is 2.49. The summed E-state index contributed by atoms with van der Waals surface area (Å²) in [5.74, 6) is 0.377. The van der Waals surface area contributed by atoms with Gasteiger partial charge in [0.15, 0.2) is 0 Å². The minimum atomic E-state index is -0.258. The third kappa shape index (κ3) is 11.4. The van der Waals surface area contributed by atoms with Crippen molar-refractivity contribution in [2.45, 2.75) is 33.6 Å². The van der Waals surface area contributed by atoms with Crippen LogP contribution < -0.4 is 0 Å². The summed E-state index contributed by atoms with van der Waals surface area (Å²) in [6.07, 6.45) is 2.29. The molecule has 0 rings (SSSR count). The van der Waals surface area contributed by atoms with Crippen molar-refractivity contribution in [3.05, 3.63) is 0 Å². The molecule has 0 aliphatic carbocycles. The van der Waals surface area contributed by atoms with Crippen molar-refractivity contribution >= 4 is 6.41 Å². The molecule has 0 aromatic carbocycles. The molecule has 0 fully saturated rings. The first-order valence-electron chi connectivity index (χ1n) is 4.92. The van der Waals surface area contributed by atoms with Gasteiger partial charge in [-0.25, -0.2) is 0 Å². The monoisotopic (exact) mass is 191 g/mol. The molecular formula is C10H22FNO. The summed E-state index contributed by atoms with van der Waals surface area (Å²) >= 11 is 0. The van der Waals surface area contributed by atoms with E-state index in [1.807, 2.05) is 20.8 Å². The molecule has 0 spiro atoms. The number of halogens is 1. The highest BCUT2D eigenvalue weighted by Gasteiger charge is 2.02. The topological polar surface area (TPSA) is 20.3 Å². The minimum Gasteiger partial charge on any atom is -0.348 e. The molecule has 1 amide bonds. The molecule has 0 aromatic rings. The van der Waals surface area contributed by atoms with Gasteiger partial charge in [0.05, 0.1) is 6.67 Å². The van der Waals surface area contributed by atoms with E-state index in [1.54, 1.807) is 11.9 Å². The Morgan fingerprint density at radius 2 is 1.92 bits per heavy atom. The van der Waals surface area contributed by atoms with Gasteiger partial charge in [-0.3, -0.25) is 9.18 Å². The van der Waals surface area contributed by atoms with Crippen molar-refractivity contribution in [2.24, 2.45) is 5.92 Å². The van der Waals surface area contributed by atoms with Gasteiger partial charge >= 0.3 is 0 Å². The molecule has 0 N–H and O–H groups in total. The molecule has 0 aliphatic rings. The Hall–Kier alpha value is -0.600. The zero-order valence-electron chi connectivity index (χ0n) is 9.22. The van der Waals surface area contributed by atoms with E-state index in [2.05, 4.69) is 0 Å². The molecule has 2 nitrogen and oxygen atoms in total. The summed E-state index contributed by atoms with van der Waals surface area (Å²) in [6, 6.07) is 0. The van der Waals surface area contributed by atoms with Crippen LogP contribution in [0.2, 0.25) is 0 Å². The molecule has 0 aliphatic heterocycles. The average Bonchev–Trinajstić information content (AvgIpc) is 2.18. The molecule has 3 heteroatoms. The summed E-state index contributed by atoms with van der Waals surface area (Å²) in [6.45, 7) is 6.47. The maximum absolute atomic E-state index is 11.8. The highest BCUT2D eigenvalue weighted by molar-refractivity contribution is 5.46. The maximum atomic E-state index is 11.8. The van der Waals surface area contributed by atoms with E-state index in [0.29, 0.717) is 12.3 Å². The quantitative estimate of drug-likeness (QED) is 0.591. The van der Waals surface area contributed by atoms with Gasteiger partial charge in [-0.2, -0.15) is 0 Å². The van der Waals surface area contributed by atoms with Gasteiger partial charge in [-0.15, -0.1) is 0 Å². The Morgan fingerprint density at radius 1 is 1.38 bits per heavy atom. The molecule has 13 heavy (non-hydrogen) atoms. The minimum absolute atomic E-state index is 0.258. The zero-order valence-corrected chi connectivity index (χ0v) is 9.22. The normalized spacial score (nSPS) is 11.2. The van der Waals surface area contributed by atoms with E-state index >= 15 is 0 Å². The van der Waals surface area contributed by atoms with E-state index in [9.17, 15) is 9.18 Å².